The van der Waals surface area contributed by atoms with Gasteiger partial charge in [0.25, 0.3) is 0 Å². The zero-order chi connectivity index (χ0) is 16.1. The van der Waals surface area contributed by atoms with Crippen LogP contribution >= 0.6 is 0 Å². The molecule has 22 heavy (non-hydrogen) atoms. The number of rotatable bonds is 4. The highest BCUT2D eigenvalue weighted by Gasteiger charge is 2.30. The lowest BCUT2D eigenvalue weighted by Crippen LogP contribution is -2.53. The van der Waals surface area contributed by atoms with Crippen molar-refractivity contribution in [2.75, 3.05) is 32.7 Å². The smallest absolute Gasteiger partial charge is 0.234 e. The third kappa shape index (κ3) is 4.95. The molecule has 1 heterocycles. The Morgan fingerprint density at radius 3 is 2.45 bits per heavy atom. The van der Waals surface area contributed by atoms with Gasteiger partial charge in [0.15, 0.2) is 0 Å². The van der Waals surface area contributed by atoms with Gasteiger partial charge >= 0.3 is 0 Å². The van der Waals surface area contributed by atoms with E-state index in [-0.39, 0.29) is 29.8 Å². The fraction of sp³-hybridized carbons (Fsp3) is 0.875. The minimum absolute atomic E-state index is 0.0630. The maximum atomic E-state index is 12.5. The van der Waals surface area contributed by atoms with Gasteiger partial charge in [-0.2, -0.15) is 0 Å². The molecule has 1 aliphatic heterocycles. The molecule has 3 N–H and O–H groups in total. The molecular weight excluding hydrogens is 280 g/mol. The molecule has 6 nitrogen and oxygen atoms in total. The van der Waals surface area contributed by atoms with Crippen LogP contribution in [0.3, 0.4) is 0 Å². The van der Waals surface area contributed by atoms with Crippen molar-refractivity contribution in [2.45, 2.75) is 51.6 Å². The average molecular weight is 310 g/mol. The Bertz CT molecular complexity index is 392. The van der Waals surface area contributed by atoms with Gasteiger partial charge in [-0.15, -0.1) is 0 Å². The summed E-state index contributed by atoms with van der Waals surface area (Å²) in [6.07, 6.45) is 3.91. The Morgan fingerprint density at radius 1 is 1.18 bits per heavy atom. The second kappa shape index (κ2) is 7.92. The zero-order valence-corrected chi connectivity index (χ0v) is 13.9. The maximum absolute atomic E-state index is 12.5. The number of carbonyl (C=O) groups is 2. The van der Waals surface area contributed by atoms with E-state index in [2.05, 4.69) is 10.2 Å². The molecule has 0 radical (unpaired) electrons. The van der Waals surface area contributed by atoms with Crippen molar-refractivity contribution in [3.05, 3.63) is 0 Å². The van der Waals surface area contributed by atoms with Crippen LogP contribution in [0.5, 0.6) is 0 Å². The molecule has 2 fully saturated rings. The molecule has 0 spiro atoms. The van der Waals surface area contributed by atoms with Crippen molar-refractivity contribution in [1.29, 1.82) is 0 Å². The van der Waals surface area contributed by atoms with E-state index in [1.807, 2.05) is 18.7 Å². The first kappa shape index (κ1) is 17.2. The SMILES string of the molecule is CC(C)NC(=O)CN1CCN(C(=O)C2CCCC(N)C2)CC1. The Balaban J connectivity index is 1.74. The zero-order valence-electron chi connectivity index (χ0n) is 13.9. The van der Waals surface area contributed by atoms with Gasteiger partial charge < -0.3 is 16.0 Å². The van der Waals surface area contributed by atoms with Crippen molar-refractivity contribution in [2.24, 2.45) is 11.7 Å². The standard InChI is InChI=1S/C16H30N4O2/c1-12(2)18-15(21)11-19-6-8-20(9-7-19)16(22)13-4-3-5-14(17)10-13/h12-14H,3-11,17H2,1-2H3,(H,18,21). The molecule has 2 amide bonds. The summed E-state index contributed by atoms with van der Waals surface area (Å²) >= 11 is 0. The Hall–Kier alpha value is -1.14. The fourth-order valence-electron chi connectivity index (χ4n) is 3.41. The molecule has 1 saturated heterocycles. The lowest BCUT2D eigenvalue weighted by atomic mass is 9.85. The lowest BCUT2D eigenvalue weighted by molar-refractivity contribution is -0.138. The van der Waals surface area contributed by atoms with Crippen LogP contribution in [-0.4, -0.2) is 66.4 Å². The summed E-state index contributed by atoms with van der Waals surface area (Å²) in [6, 6.07) is 0.356. The molecule has 6 heteroatoms. The lowest BCUT2D eigenvalue weighted by Gasteiger charge is -2.37. The van der Waals surface area contributed by atoms with Crippen LogP contribution in [0.2, 0.25) is 0 Å². The van der Waals surface area contributed by atoms with Crippen LogP contribution in [0.25, 0.3) is 0 Å². The van der Waals surface area contributed by atoms with Crippen molar-refractivity contribution < 1.29 is 9.59 Å². The van der Waals surface area contributed by atoms with Crippen molar-refractivity contribution >= 4 is 11.8 Å². The van der Waals surface area contributed by atoms with E-state index in [4.69, 9.17) is 5.73 Å². The Kier molecular flexibility index (Phi) is 6.20. The first-order valence-corrected chi connectivity index (χ1v) is 8.51. The summed E-state index contributed by atoms with van der Waals surface area (Å²) in [5.41, 5.74) is 5.99. The molecule has 0 aromatic rings. The number of nitrogens with zero attached hydrogens (tertiary/aromatic N) is 2. The van der Waals surface area contributed by atoms with E-state index in [0.29, 0.717) is 6.54 Å². The number of hydrogen-bond donors (Lipinski definition) is 2. The summed E-state index contributed by atoms with van der Waals surface area (Å²) in [7, 11) is 0. The minimum atomic E-state index is 0.0630. The number of nitrogens with one attached hydrogen (secondary N) is 1. The largest absolute Gasteiger partial charge is 0.353 e. The molecule has 0 aromatic carbocycles. The quantitative estimate of drug-likeness (QED) is 0.776. The van der Waals surface area contributed by atoms with Crippen LogP contribution in [0.15, 0.2) is 0 Å². The molecule has 1 saturated carbocycles. The van der Waals surface area contributed by atoms with Gasteiger partial charge in [-0.25, -0.2) is 0 Å². The van der Waals surface area contributed by atoms with Crippen LogP contribution in [0, 0.1) is 5.92 Å². The fourth-order valence-corrected chi connectivity index (χ4v) is 3.41. The summed E-state index contributed by atoms with van der Waals surface area (Å²) < 4.78 is 0. The second-order valence-electron chi connectivity index (χ2n) is 6.95. The third-order valence-corrected chi connectivity index (χ3v) is 4.56. The summed E-state index contributed by atoms with van der Waals surface area (Å²) in [5, 5.41) is 2.91. The molecule has 2 rings (SSSR count). The number of carbonyl (C=O) groups excluding carboxylic acids is 2. The number of piperazine rings is 1. The first-order chi connectivity index (χ1) is 10.5. The topological polar surface area (TPSA) is 78.7 Å². The highest BCUT2D eigenvalue weighted by atomic mass is 16.2. The normalized spacial score (nSPS) is 27.0. The first-order valence-electron chi connectivity index (χ1n) is 8.51. The molecule has 126 valence electrons. The Labute approximate surface area is 133 Å². The van der Waals surface area contributed by atoms with Crippen molar-refractivity contribution in [3.8, 4) is 0 Å². The van der Waals surface area contributed by atoms with Crippen LogP contribution < -0.4 is 11.1 Å². The predicted molar refractivity (Wildman–Crippen MR) is 86.2 cm³/mol. The summed E-state index contributed by atoms with van der Waals surface area (Å²) in [6.45, 7) is 7.34. The van der Waals surface area contributed by atoms with Gasteiger partial charge in [0.05, 0.1) is 6.54 Å². The van der Waals surface area contributed by atoms with E-state index in [1.165, 1.54) is 0 Å². The second-order valence-corrected chi connectivity index (χ2v) is 6.95. The molecule has 2 unspecified atom stereocenters. The van der Waals surface area contributed by atoms with Gasteiger partial charge in [-0.05, 0) is 33.1 Å². The summed E-state index contributed by atoms with van der Waals surface area (Å²) in [4.78, 5) is 28.4. The number of nitrogens with two attached hydrogens (primary N) is 1. The van der Waals surface area contributed by atoms with Gasteiger partial charge in [0.2, 0.25) is 11.8 Å². The van der Waals surface area contributed by atoms with Gasteiger partial charge in [-0.3, -0.25) is 14.5 Å². The highest BCUT2D eigenvalue weighted by molar-refractivity contribution is 5.79. The Morgan fingerprint density at radius 2 is 1.86 bits per heavy atom. The third-order valence-electron chi connectivity index (χ3n) is 4.56. The molecule has 1 aliphatic carbocycles. The van der Waals surface area contributed by atoms with Crippen LogP contribution in [0.1, 0.15) is 39.5 Å². The monoisotopic (exact) mass is 310 g/mol. The van der Waals surface area contributed by atoms with Crippen molar-refractivity contribution in [1.82, 2.24) is 15.1 Å². The van der Waals surface area contributed by atoms with E-state index >= 15 is 0 Å². The predicted octanol–water partition coefficient (Wildman–Crippen LogP) is 0.173. The number of amides is 2. The minimum Gasteiger partial charge on any atom is -0.353 e. The molecule has 2 aliphatic rings. The van der Waals surface area contributed by atoms with Crippen molar-refractivity contribution in [3.63, 3.8) is 0 Å². The molecule has 2 atom stereocenters. The van der Waals surface area contributed by atoms with E-state index < -0.39 is 0 Å². The van der Waals surface area contributed by atoms with Gasteiger partial charge in [0, 0.05) is 44.2 Å². The van der Waals surface area contributed by atoms with E-state index in [0.717, 1.165) is 51.9 Å². The summed E-state index contributed by atoms with van der Waals surface area (Å²) in [5.74, 6) is 0.439. The maximum Gasteiger partial charge on any atom is 0.234 e. The highest BCUT2D eigenvalue weighted by Crippen LogP contribution is 2.25. The van der Waals surface area contributed by atoms with E-state index in [9.17, 15) is 9.59 Å². The molecule has 0 bridgehead atoms. The van der Waals surface area contributed by atoms with E-state index in [1.54, 1.807) is 0 Å². The van der Waals surface area contributed by atoms with Gasteiger partial charge in [-0.1, -0.05) is 6.42 Å². The number of hydrogen-bond acceptors (Lipinski definition) is 4. The van der Waals surface area contributed by atoms with Gasteiger partial charge in [0.1, 0.15) is 0 Å². The van der Waals surface area contributed by atoms with Crippen LogP contribution in [0.4, 0.5) is 0 Å². The average Bonchev–Trinajstić information content (AvgIpc) is 2.46. The van der Waals surface area contributed by atoms with Crippen LogP contribution in [-0.2, 0) is 9.59 Å². The molecular formula is C16H30N4O2. The molecule has 0 aromatic heterocycles.